The molecule has 0 aliphatic rings. The summed E-state index contributed by atoms with van der Waals surface area (Å²) >= 11 is 0. The summed E-state index contributed by atoms with van der Waals surface area (Å²) in [5, 5.41) is 7.59. The highest BCUT2D eigenvalue weighted by molar-refractivity contribution is 4.47. The van der Waals surface area contributed by atoms with Gasteiger partial charge in [0.25, 0.3) is 0 Å². The molecule has 0 amide bonds. The van der Waals surface area contributed by atoms with Crippen molar-refractivity contribution in [2.45, 2.75) is 25.7 Å². The second-order valence-corrected chi connectivity index (χ2v) is 3.45. The van der Waals surface area contributed by atoms with Crippen LogP contribution in [0.1, 0.15) is 25.7 Å². The molecule has 0 aromatic rings. The van der Waals surface area contributed by atoms with Crippen LogP contribution < -0.4 is 10.6 Å². The molecule has 0 saturated carbocycles. The molecule has 6 nitrogen and oxygen atoms in total. The van der Waals surface area contributed by atoms with Gasteiger partial charge >= 0.3 is 0 Å². The van der Waals surface area contributed by atoms with Gasteiger partial charge in [-0.25, -0.2) is 4.84 Å². The number of nitrogens with one attached hydrogen (secondary N) is 2. The number of hydrazine groups is 2. The van der Waals surface area contributed by atoms with Gasteiger partial charge in [0, 0.05) is 13.6 Å². The molecule has 0 fully saturated rings. The van der Waals surface area contributed by atoms with Crippen LogP contribution >= 0.6 is 0 Å². The van der Waals surface area contributed by atoms with Crippen molar-refractivity contribution in [2.24, 2.45) is 0 Å². The normalized spacial score (nSPS) is 10.7. The van der Waals surface area contributed by atoms with Gasteiger partial charge in [-0.2, -0.15) is 0 Å². The molecular formula is C9H23N4O2+. The van der Waals surface area contributed by atoms with Crippen molar-refractivity contribution in [1.29, 1.82) is 0 Å². The molecule has 0 atom stereocenters. The number of rotatable bonds is 10. The van der Waals surface area contributed by atoms with E-state index in [4.69, 9.17) is 4.84 Å². The van der Waals surface area contributed by atoms with Gasteiger partial charge in [0.05, 0.1) is 17.3 Å². The third-order valence-electron chi connectivity index (χ3n) is 2.22. The van der Waals surface area contributed by atoms with Crippen LogP contribution in [0.5, 0.6) is 0 Å². The summed E-state index contributed by atoms with van der Waals surface area (Å²) in [4.78, 5) is 15.2. The zero-order valence-corrected chi connectivity index (χ0v) is 9.95. The molecule has 2 N–H and O–H groups in total. The van der Waals surface area contributed by atoms with Crippen LogP contribution in [0.3, 0.4) is 0 Å². The average molecular weight is 219 g/mol. The number of hydrogen-bond donors (Lipinski definition) is 2. The first-order chi connectivity index (χ1) is 7.26. The van der Waals surface area contributed by atoms with Gasteiger partial charge in [-0.3, -0.25) is 0 Å². The first kappa shape index (κ1) is 14.3. The monoisotopic (exact) mass is 219 g/mol. The molecule has 0 heterocycles. The second-order valence-electron chi connectivity index (χ2n) is 3.45. The molecule has 0 aliphatic heterocycles. The van der Waals surface area contributed by atoms with E-state index in [-0.39, 0.29) is 0 Å². The minimum atomic E-state index is 0.808. The number of unbranched alkanes of at least 4 members (excludes halogenated alkanes) is 3. The summed E-state index contributed by atoms with van der Waals surface area (Å²) in [6, 6.07) is 0. The maximum absolute atomic E-state index is 10.4. The van der Waals surface area contributed by atoms with E-state index in [9.17, 15) is 4.91 Å². The van der Waals surface area contributed by atoms with E-state index in [2.05, 4.69) is 5.32 Å². The van der Waals surface area contributed by atoms with Crippen LogP contribution in [-0.4, -0.2) is 44.6 Å². The Kier molecular flexibility index (Phi) is 9.35. The van der Waals surface area contributed by atoms with E-state index in [1.165, 1.54) is 26.4 Å². The molecular weight excluding hydrogens is 196 g/mol. The van der Waals surface area contributed by atoms with Crippen LogP contribution in [0.15, 0.2) is 0 Å². The highest BCUT2D eigenvalue weighted by Crippen LogP contribution is 2.00. The van der Waals surface area contributed by atoms with E-state index in [1.807, 2.05) is 14.1 Å². The summed E-state index contributed by atoms with van der Waals surface area (Å²) in [6.45, 7) is 1.88. The predicted octanol–water partition coefficient (Wildman–Crippen LogP) is -0.762. The van der Waals surface area contributed by atoms with Gasteiger partial charge in [-0.1, -0.05) is 12.8 Å². The maximum Gasteiger partial charge on any atom is 0.145 e. The fourth-order valence-electron chi connectivity index (χ4n) is 1.33. The third-order valence-corrected chi connectivity index (χ3v) is 2.22. The van der Waals surface area contributed by atoms with Crippen molar-refractivity contribution in [3.63, 3.8) is 0 Å². The molecule has 0 saturated heterocycles. The summed E-state index contributed by atoms with van der Waals surface area (Å²) in [5.74, 6) is 0. The summed E-state index contributed by atoms with van der Waals surface area (Å²) < 4.78 is 0. The van der Waals surface area contributed by atoms with E-state index in [0.717, 1.165) is 24.8 Å². The lowest BCUT2D eigenvalue weighted by atomic mass is 10.2. The Labute approximate surface area is 91.4 Å². The molecule has 6 heteroatoms. The van der Waals surface area contributed by atoms with Crippen molar-refractivity contribution in [3.05, 3.63) is 4.91 Å². The Morgan fingerprint density at radius 2 is 1.93 bits per heavy atom. The van der Waals surface area contributed by atoms with Gasteiger partial charge in [0.1, 0.15) is 5.29 Å². The Hall–Kier alpha value is -0.720. The van der Waals surface area contributed by atoms with Gasteiger partial charge in [-0.15, -0.1) is 5.01 Å². The fourth-order valence-corrected chi connectivity index (χ4v) is 1.33. The summed E-state index contributed by atoms with van der Waals surface area (Å²) in [6.07, 6.45) is 4.64. The molecule has 0 aromatic heterocycles. The topological polar surface area (TPSA) is 58.8 Å². The predicted molar refractivity (Wildman–Crippen MR) is 58.2 cm³/mol. The highest BCUT2D eigenvalue weighted by atomic mass is 16.8. The Morgan fingerprint density at radius 3 is 2.47 bits per heavy atom. The maximum atomic E-state index is 10.4. The van der Waals surface area contributed by atoms with E-state index < -0.39 is 0 Å². The third kappa shape index (κ3) is 7.24. The van der Waals surface area contributed by atoms with E-state index >= 15 is 0 Å². The van der Waals surface area contributed by atoms with Crippen LogP contribution in [0.25, 0.3) is 0 Å². The lowest BCUT2D eigenvalue weighted by Gasteiger charge is -2.17. The van der Waals surface area contributed by atoms with Gasteiger partial charge < -0.3 is 5.32 Å². The van der Waals surface area contributed by atoms with Crippen molar-refractivity contribution in [2.75, 3.05) is 34.3 Å². The zero-order valence-electron chi connectivity index (χ0n) is 9.95. The summed E-state index contributed by atoms with van der Waals surface area (Å²) in [5.41, 5.74) is 0. The van der Waals surface area contributed by atoms with Crippen molar-refractivity contribution >= 4 is 0 Å². The lowest BCUT2D eigenvalue weighted by Crippen LogP contribution is -2.81. The highest BCUT2D eigenvalue weighted by Gasteiger charge is 2.13. The van der Waals surface area contributed by atoms with Crippen LogP contribution in [0.4, 0.5) is 0 Å². The quantitative estimate of drug-likeness (QED) is 0.373. The minimum absolute atomic E-state index is 0.808. The summed E-state index contributed by atoms with van der Waals surface area (Å²) in [7, 11) is 5.22. The largest absolute Gasteiger partial charge is 0.320 e. The standard InChI is InChI=1S/C9H22N4O2/c1-10-8-6-4-5-7-9-12(2)13(11-14)15-3/h10H,4-9H2,1-3H3/p+1. The molecule has 90 valence electrons. The number of nitrogens with zero attached hydrogens (tertiary/aromatic N) is 2. The zero-order chi connectivity index (χ0) is 11.5. The Morgan fingerprint density at radius 1 is 1.27 bits per heavy atom. The molecule has 0 radical (unpaired) electrons. The molecule has 0 bridgehead atoms. The van der Waals surface area contributed by atoms with Crippen LogP contribution in [0.2, 0.25) is 0 Å². The first-order valence-electron chi connectivity index (χ1n) is 5.34. The molecule has 0 rings (SSSR count). The lowest BCUT2D eigenvalue weighted by molar-refractivity contribution is -0.785. The Bertz CT molecular complexity index is 157. The van der Waals surface area contributed by atoms with Crippen LogP contribution in [-0.2, 0) is 4.84 Å². The van der Waals surface area contributed by atoms with E-state index in [0.29, 0.717) is 0 Å². The van der Waals surface area contributed by atoms with Gasteiger partial charge in [-0.05, 0) is 26.4 Å². The smallest absolute Gasteiger partial charge is 0.145 e. The van der Waals surface area contributed by atoms with Crippen molar-refractivity contribution < 1.29 is 10.1 Å². The van der Waals surface area contributed by atoms with Gasteiger partial charge in [0.15, 0.2) is 0 Å². The molecule has 0 aliphatic carbocycles. The molecule has 0 aromatic carbocycles. The van der Waals surface area contributed by atoms with Crippen LogP contribution in [0, 0.1) is 4.91 Å². The minimum Gasteiger partial charge on any atom is -0.320 e. The van der Waals surface area contributed by atoms with Gasteiger partial charge in [0.2, 0.25) is 0 Å². The average Bonchev–Trinajstić information content (AvgIpc) is 2.25. The Balaban J connectivity index is 3.37. The van der Waals surface area contributed by atoms with Crippen molar-refractivity contribution in [1.82, 2.24) is 15.6 Å². The first-order valence-corrected chi connectivity index (χ1v) is 5.34. The molecule has 0 unspecified atom stereocenters. The SMILES string of the molecule is CNCCCCCCN(C)N([NH+]=O)OC. The fraction of sp³-hybridized carbons (Fsp3) is 1.00. The molecule has 0 spiro atoms. The number of nitroso groups, excluding NO2 is 1. The molecule has 15 heavy (non-hydrogen) atoms. The number of hydrogen-bond acceptors (Lipinski definition) is 4. The van der Waals surface area contributed by atoms with E-state index in [1.54, 1.807) is 10.3 Å². The second kappa shape index (κ2) is 9.82. The van der Waals surface area contributed by atoms with Crippen molar-refractivity contribution in [3.8, 4) is 0 Å².